The molecule has 0 aromatic heterocycles. The Morgan fingerprint density at radius 1 is 1.11 bits per heavy atom. The second-order valence-electron chi connectivity index (χ2n) is 4.77. The molecule has 0 aliphatic rings. The smallest absolute Gasteiger partial charge is 0.124 e. The molecule has 3 nitrogen and oxygen atoms in total. The van der Waals surface area contributed by atoms with Crippen molar-refractivity contribution < 1.29 is 4.74 Å². The third-order valence-electron chi connectivity index (χ3n) is 3.43. The van der Waals surface area contributed by atoms with Crippen molar-refractivity contribution in [1.29, 1.82) is 0 Å². The van der Waals surface area contributed by atoms with Crippen molar-refractivity contribution in [3.63, 3.8) is 0 Å². The lowest BCUT2D eigenvalue weighted by molar-refractivity contribution is 0.408. The van der Waals surface area contributed by atoms with Crippen molar-refractivity contribution in [1.82, 2.24) is 10.6 Å². The summed E-state index contributed by atoms with van der Waals surface area (Å²) < 4.78 is 5.44. The second kappa shape index (κ2) is 7.39. The van der Waals surface area contributed by atoms with Crippen LogP contribution in [0.25, 0.3) is 0 Å². The third-order valence-corrected chi connectivity index (χ3v) is 3.43. The lowest BCUT2D eigenvalue weighted by Gasteiger charge is -2.16. The maximum Gasteiger partial charge on any atom is 0.124 e. The molecule has 0 amide bonds. The molecule has 1 rings (SSSR count). The highest BCUT2D eigenvalue weighted by molar-refractivity contribution is 5.48. The number of rotatable bonds is 7. The zero-order valence-corrected chi connectivity index (χ0v) is 12.3. The van der Waals surface area contributed by atoms with Gasteiger partial charge >= 0.3 is 0 Å². The number of benzene rings is 1. The van der Waals surface area contributed by atoms with Crippen LogP contribution in [-0.4, -0.2) is 27.2 Å². The maximum atomic E-state index is 5.44. The Morgan fingerprint density at radius 3 is 2.44 bits per heavy atom. The van der Waals surface area contributed by atoms with Gasteiger partial charge in [-0.25, -0.2) is 0 Å². The van der Waals surface area contributed by atoms with Gasteiger partial charge in [0.15, 0.2) is 0 Å². The Balaban J connectivity index is 2.66. The van der Waals surface area contributed by atoms with Crippen molar-refractivity contribution >= 4 is 0 Å². The van der Waals surface area contributed by atoms with Crippen molar-refractivity contribution in [2.24, 2.45) is 0 Å². The highest BCUT2D eigenvalue weighted by atomic mass is 16.5. The van der Waals surface area contributed by atoms with E-state index in [9.17, 15) is 0 Å². The molecule has 0 unspecified atom stereocenters. The van der Waals surface area contributed by atoms with E-state index in [2.05, 4.69) is 37.5 Å². The Morgan fingerprint density at radius 2 is 1.83 bits per heavy atom. The number of ether oxygens (including phenoxy) is 1. The van der Waals surface area contributed by atoms with Gasteiger partial charge < -0.3 is 15.4 Å². The SMILES string of the molecule is CNCCCNCc1cc(C)c(OC)c(C)c1C. The van der Waals surface area contributed by atoms with Crippen molar-refractivity contribution in [3.8, 4) is 5.75 Å². The van der Waals surface area contributed by atoms with Crippen LogP contribution in [0, 0.1) is 20.8 Å². The maximum absolute atomic E-state index is 5.44. The van der Waals surface area contributed by atoms with E-state index < -0.39 is 0 Å². The molecule has 0 atom stereocenters. The average molecular weight is 250 g/mol. The minimum Gasteiger partial charge on any atom is -0.496 e. The first-order valence-corrected chi connectivity index (χ1v) is 6.60. The molecule has 102 valence electrons. The molecule has 2 N–H and O–H groups in total. The summed E-state index contributed by atoms with van der Waals surface area (Å²) in [4.78, 5) is 0. The van der Waals surface area contributed by atoms with Gasteiger partial charge in [0.2, 0.25) is 0 Å². The summed E-state index contributed by atoms with van der Waals surface area (Å²) in [7, 11) is 3.73. The second-order valence-corrected chi connectivity index (χ2v) is 4.77. The monoisotopic (exact) mass is 250 g/mol. The van der Waals surface area contributed by atoms with Gasteiger partial charge in [-0.2, -0.15) is 0 Å². The van der Waals surface area contributed by atoms with E-state index in [1.54, 1.807) is 7.11 Å². The molecular weight excluding hydrogens is 224 g/mol. The van der Waals surface area contributed by atoms with E-state index >= 15 is 0 Å². The van der Waals surface area contributed by atoms with Gasteiger partial charge in [-0.15, -0.1) is 0 Å². The minimum atomic E-state index is 0.932. The van der Waals surface area contributed by atoms with Gasteiger partial charge in [0.05, 0.1) is 7.11 Å². The Hall–Kier alpha value is -1.06. The highest BCUT2D eigenvalue weighted by Gasteiger charge is 2.09. The van der Waals surface area contributed by atoms with Crippen molar-refractivity contribution in [2.45, 2.75) is 33.7 Å². The molecule has 0 heterocycles. The fourth-order valence-corrected chi connectivity index (χ4v) is 2.25. The van der Waals surface area contributed by atoms with Gasteiger partial charge in [0.1, 0.15) is 5.75 Å². The molecular formula is C15H26N2O. The Bertz CT molecular complexity index is 389. The standard InChI is InChI=1S/C15H26N2O/c1-11-9-14(10-17-8-6-7-16-4)12(2)13(3)15(11)18-5/h9,16-17H,6-8,10H2,1-5H3. The number of hydrogen-bond acceptors (Lipinski definition) is 3. The van der Waals surface area contributed by atoms with Crippen LogP contribution in [0.2, 0.25) is 0 Å². The fourth-order valence-electron chi connectivity index (χ4n) is 2.25. The quantitative estimate of drug-likeness (QED) is 0.729. The topological polar surface area (TPSA) is 33.3 Å². The summed E-state index contributed by atoms with van der Waals surface area (Å²) in [6, 6.07) is 2.23. The summed E-state index contributed by atoms with van der Waals surface area (Å²) in [5.74, 6) is 1.02. The van der Waals surface area contributed by atoms with Crippen molar-refractivity contribution in [2.75, 3.05) is 27.2 Å². The summed E-state index contributed by atoms with van der Waals surface area (Å²) >= 11 is 0. The summed E-state index contributed by atoms with van der Waals surface area (Å²) in [5, 5.41) is 6.64. The number of aryl methyl sites for hydroxylation is 1. The van der Waals surface area contributed by atoms with Gasteiger partial charge in [0.25, 0.3) is 0 Å². The third kappa shape index (κ3) is 3.72. The average Bonchev–Trinajstić information content (AvgIpc) is 2.35. The lowest BCUT2D eigenvalue weighted by atomic mass is 9.98. The number of nitrogens with one attached hydrogen (secondary N) is 2. The van der Waals surface area contributed by atoms with Crippen LogP contribution in [-0.2, 0) is 6.54 Å². The molecule has 0 spiro atoms. The van der Waals surface area contributed by atoms with Crippen LogP contribution >= 0.6 is 0 Å². The first-order chi connectivity index (χ1) is 8.61. The number of hydrogen-bond donors (Lipinski definition) is 2. The molecule has 0 radical (unpaired) electrons. The molecule has 0 bridgehead atoms. The first-order valence-electron chi connectivity index (χ1n) is 6.60. The van der Waals surface area contributed by atoms with Crippen LogP contribution in [0.1, 0.15) is 28.7 Å². The van der Waals surface area contributed by atoms with Gasteiger partial charge in [-0.1, -0.05) is 6.07 Å². The molecule has 0 aliphatic heterocycles. The van der Waals surface area contributed by atoms with Crippen molar-refractivity contribution in [3.05, 3.63) is 28.3 Å². The highest BCUT2D eigenvalue weighted by Crippen LogP contribution is 2.28. The molecule has 3 heteroatoms. The first kappa shape index (κ1) is 15.0. The zero-order valence-electron chi connectivity index (χ0n) is 12.3. The predicted octanol–water partition coefficient (Wildman–Crippen LogP) is 2.32. The summed E-state index contributed by atoms with van der Waals surface area (Å²) in [6.07, 6.45) is 1.16. The Kier molecular flexibility index (Phi) is 6.16. The van der Waals surface area contributed by atoms with E-state index in [0.29, 0.717) is 0 Å². The predicted molar refractivity (Wildman–Crippen MR) is 77.5 cm³/mol. The molecule has 0 fully saturated rings. The van der Waals surface area contributed by atoms with Crippen LogP contribution < -0.4 is 15.4 Å². The Labute approximate surface area is 111 Å². The van der Waals surface area contributed by atoms with E-state index in [1.807, 2.05) is 7.05 Å². The molecule has 1 aromatic carbocycles. The summed E-state index contributed by atoms with van der Waals surface area (Å²) in [6.45, 7) is 9.45. The molecule has 0 saturated carbocycles. The van der Waals surface area contributed by atoms with E-state index in [1.165, 1.54) is 22.3 Å². The molecule has 0 saturated heterocycles. The van der Waals surface area contributed by atoms with Gasteiger partial charge in [0, 0.05) is 6.54 Å². The van der Waals surface area contributed by atoms with E-state index in [4.69, 9.17) is 4.74 Å². The lowest BCUT2D eigenvalue weighted by Crippen LogP contribution is -2.20. The van der Waals surface area contributed by atoms with Crippen LogP contribution in [0.15, 0.2) is 6.07 Å². The summed E-state index contributed by atoms with van der Waals surface area (Å²) in [5.41, 5.74) is 5.17. The van der Waals surface area contributed by atoms with Gasteiger partial charge in [-0.05, 0) is 69.6 Å². The molecule has 1 aromatic rings. The number of methoxy groups -OCH3 is 1. The molecule has 18 heavy (non-hydrogen) atoms. The van der Waals surface area contributed by atoms with E-state index in [-0.39, 0.29) is 0 Å². The molecule has 0 aliphatic carbocycles. The van der Waals surface area contributed by atoms with Gasteiger partial charge in [-0.3, -0.25) is 0 Å². The fraction of sp³-hybridized carbons (Fsp3) is 0.600. The van der Waals surface area contributed by atoms with Crippen LogP contribution in [0.3, 0.4) is 0 Å². The minimum absolute atomic E-state index is 0.932. The van der Waals surface area contributed by atoms with Crippen LogP contribution in [0.5, 0.6) is 5.75 Å². The normalized spacial score (nSPS) is 10.7. The largest absolute Gasteiger partial charge is 0.496 e. The zero-order chi connectivity index (χ0) is 13.5. The van der Waals surface area contributed by atoms with E-state index in [0.717, 1.165) is 31.8 Å². The van der Waals surface area contributed by atoms with Crippen LogP contribution in [0.4, 0.5) is 0 Å².